The minimum absolute atomic E-state index is 0. The summed E-state index contributed by atoms with van der Waals surface area (Å²) in [6.07, 6.45) is 7.38. The molecule has 5 heteroatoms. The van der Waals surface area contributed by atoms with E-state index < -0.39 is 0 Å². The van der Waals surface area contributed by atoms with E-state index in [0.717, 1.165) is 26.8 Å². The van der Waals surface area contributed by atoms with Gasteiger partial charge in [-0.05, 0) is 55.2 Å². The summed E-state index contributed by atoms with van der Waals surface area (Å²) in [6, 6.07) is 16.1. The molecule has 1 aliphatic heterocycles. The van der Waals surface area contributed by atoms with Crippen molar-refractivity contribution in [2.45, 2.75) is 25.8 Å². The first-order chi connectivity index (χ1) is 12.5. The molecule has 1 fully saturated rings. The number of halogens is 2. The van der Waals surface area contributed by atoms with Gasteiger partial charge in [-0.15, -0.1) is 0 Å². The Morgan fingerprint density at radius 1 is 1.11 bits per heavy atom. The number of likely N-dealkylation sites (tertiary alicyclic amines) is 1. The SMILES string of the molecule is C[N+]1(Cc2cccc(NC(=O)C=Cc3cccc(Br)c3)c2)CCCCC1.[I-]. The van der Waals surface area contributed by atoms with Crippen LogP contribution in [0.25, 0.3) is 6.08 Å². The van der Waals surface area contributed by atoms with E-state index in [-0.39, 0.29) is 29.9 Å². The number of hydrogen-bond acceptors (Lipinski definition) is 1. The van der Waals surface area contributed by atoms with Gasteiger partial charge in [-0.1, -0.05) is 40.2 Å². The number of carbonyl (C=O) groups is 1. The molecule has 2 aromatic carbocycles. The summed E-state index contributed by atoms with van der Waals surface area (Å²) >= 11 is 3.44. The first kappa shape index (κ1) is 22.1. The molecular formula is C22H26BrIN2O. The van der Waals surface area contributed by atoms with Crippen LogP contribution in [0.3, 0.4) is 0 Å². The number of rotatable bonds is 5. The van der Waals surface area contributed by atoms with Gasteiger partial charge in [0.15, 0.2) is 0 Å². The maximum atomic E-state index is 12.2. The average Bonchev–Trinajstić information content (AvgIpc) is 2.61. The molecule has 0 saturated carbocycles. The van der Waals surface area contributed by atoms with Crippen molar-refractivity contribution in [3.63, 3.8) is 0 Å². The van der Waals surface area contributed by atoms with Gasteiger partial charge < -0.3 is 33.8 Å². The molecule has 2 aromatic rings. The van der Waals surface area contributed by atoms with Gasteiger partial charge in [-0.2, -0.15) is 0 Å². The number of hydrogen-bond donors (Lipinski definition) is 1. The van der Waals surface area contributed by atoms with Gasteiger partial charge in [0.2, 0.25) is 5.91 Å². The Kier molecular flexibility index (Phi) is 8.51. The van der Waals surface area contributed by atoms with Crippen molar-refractivity contribution in [2.24, 2.45) is 0 Å². The van der Waals surface area contributed by atoms with E-state index in [9.17, 15) is 4.79 Å². The minimum Gasteiger partial charge on any atom is -1.00 e. The Morgan fingerprint density at radius 3 is 2.59 bits per heavy atom. The third kappa shape index (κ3) is 7.05. The Hall–Kier alpha value is -1.18. The standard InChI is InChI=1S/C22H25BrN2O.HI/c1-25(13-3-2-4-14-25)17-19-8-6-10-21(16-19)24-22(26)12-11-18-7-5-9-20(23)15-18;/h5-12,15-16H,2-4,13-14,17H2,1H3;1H. The van der Waals surface area contributed by atoms with Crippen molar-refractivity contribution in [1.29, 1.82) is 0 Å². The first-order valence-electron chi connectivity index (χ1n) is 9.20. The summed E-state index contributed by atoms with van der Waals surface area (Å²) in [5.41, 5.74) is 3.13. The lowest BCUT2D eigenvalue weighted by atomic mass is 10.1. The van der Waals surface area contributed by atoms with Crippen LogP contribution in [0.1, 0.15) is 30.4 Å². The molecule has 144 valence electrons. The Morgan fingerprint density at radius 2 is 1.85 bits per heavy atom. The topological polar surface area (TPSA) is 29.1 Å². The van der Waals surface area contributed by atoms with Crippen LogP contribution in [0.4, 0.5) is 5.69 Å². The van der Waals surface area contributed by atoms with E-state index >= 15 is 0 Å². The van der Waals surface area contributed by atoms with Gasteiger partial charge in [0, 0.05) is 21.8 Å². The van der Waals surface area contributed by atoms with Crippen molar-refractivity contribution in [3.05, 3.63) is 70.2 Å². The number of benzene rings is 2. The van der Waals surface area contributed by atoms with Gasteiger partial charge in [0.25, 0.3) is 0 Å². The van der Waals surface area contributed by atoms with Crippen molar-refractivity contribution in [2.75, 3.05) is 25.5 Å². The number of nitrogens with zero attached hydrogens (tertiary/aromatic N) is 1. The number of anilines is 1. The van der Waals surface area contributed by atoms with E-state index in [1.54, 1.807) is 6.08 Å². The van der Waals surface area contributed by atoms with Gasteiger partial charge >= 0.3 is 0 Å². The summed E-state index contributed by atoms with van der Waals surface area (Å²) in [4.78, 5) is 12.2. The summed E-state index contributed by atoms with van der Waals surface area (Å²) in [7, 11) is 2.34. The van der Waals surface area contributed by atoms with Crippen molar-refractivity contribution in [3.8, 4) is 0 Å². The maximum absolute atomic E-state index is 12.2. The molecule has 0 aliphatic carbocycles. The second-order valence-electron chi connectivity index (χ2n) is 7.36. The van der Waals surface area contributed by atoms with Crippen LogP contribution in [0, 0.1) is 0 Å². The van der Waals surface area contributed by atoms with Crippen LogP contribution in [-0.2, 0) is 11.3 Å². The normalized spacial score (nSPS) is 15.9. The van der Waals surface area contributed by atoms with E-state index in [0.29, 0.717) is 0 Å². The molecule has 0 bridgehead atoms. The fraction of sp³-hybridized carbons (Fsp3) is 0.318. The minimum atomic E-state index is -0.111. The van der Waals surface area contributed by atoms with Crippen molar-refractivity contribution in [1.82, 2.24) is 0 Å². The molecule has 3 nitrogen and oxygen atoms in total. The predicted octanol–water partition coefficient (Wildman–Crippen LogP) is 2.24. The highest BCUT2D eigenvalue weighted by Gasteiger charge is 2.24. The van der Waals surface area contributed by atoms with Crippen LogP contribution in [0.5, 0.6) is 0 Å². The lowest BCUT2D eigenvalue weighted by Crippen LogP contribution is -3.00. The van der Waals surface area contributed by atoms with Crippen LogP contribution < -0.4 is 29.3 Å². The Labute approximate surface area is 187 Å². The molecule has 1 amide bonds. The summed E-state index contributed by atoms with van der Waals surface area (Å²) < 4.78 is 2.10. The van der Waals surface area contributed by atoms with Crippen LogP contribution >= 0.6 is 15.9 Å². The van der Waals surface area contributed by atoms with E-state index in [1.807, 2.05) is 42.5 Å². The fourth-order valence-electron chi connectivity index (χ4n) is 3.59. The quantitative estimate of drug-likeness (QED) is 0.352. The van der Waals surface area contributed by atoms with Gasteiger partial charge in [0.05, 0.1) is 20.1 Å². The van der Waals surface area contributed by atoms with Gasteiger partial charge in [0.1, 0.15) is 6.54 Å². The van der Waals surface area contributed by atoms with Crippen molar-refractivity contribution >= 4 is 33.6 Å². The Bertz CT molecular complexity index is 800. The molecule has 0 unspecified atom stereocenters. The molecule has 0 radical (unpaired) electrons. The monoisotopic (exact) mass is 540 g/mol. The molecule has 0 atom stereocenters. The second-order valence-corrected chi connectivity index (χ2v) is 8.28. The van der Waals surface area contributed by atoms with Crippen LogP contribution in [0.2, 0.25) is 0 Å². The zero-order chi connectivity index (χ0) is 18.4. The van der Waals surface area contributed by atoms with Crippen LogP contribution in [0.15, 0.2) is 59.1 Å². The maximum Gasteiger partial charge on any atom is 0.248 e. The number of nitrogens with one attached hydrogen (secondary N) is 1. The van der Waals surface area contributed by atoms with E-state index in [1.165, 1.54) is 37.9 Å². The number of carbonyl (C=O) groups excluding carboxylic acids is 1. The second kappa shape index (κ2) is 10.4. The highest BCUT2D eigenvalue weighted by atomic mass is 127. The lowest BCUT2D eigenvalue weighted by molar-refractivity contribution is -0.926. The molecule has 1 N–H and O–H groups in total. The predicted molar refractivity (Wildman–Crippen MR) is 112 cm³/mol. The smallest absolute Gasteiger partial charge is 0.248 e. The largest absolute Gasteiger partial charge is 1.00 e. The highest BCUT2D eigenvalue weighted by molar-refractivity contribution is 9.10. The molecule has 1 aliphatic rings. The zero-order valence-electron chi connectivity index (χ0n) is 15.6. The van der Waals surface area contributed by atoms with E-state index in [4.69, 9.17) is 0 Å². The first-order valence-corrected chi connectivity index (χ1v) is 9.99. The van der Waals surface area contributed by atoms with E-state index in [2.05, 4.69) is 40.4 Å². The third-order valence-electron chi connectivity index (χ3n) is 4.93. The molecular weight excluding hydrogens is 515 g/mol. The van der Waals surface area contributed by atoms with Gasteiger partial charge in [-0.3, -0.25) is 4.79 Å². The Balaban J connectivity index is 0.00000261. The lowest BCUT2D eigenvalue weighted by Gasteiger charge is -2.38. The fourth-order valence-corrected chi connectivity index (χ4v) is 4.00. The van der Waals surface area contributed by atoms with Crippen molar-refractivity contribution < 1.29 is 33.3 Å². The number of quaternary nitrogens is 1. The number of piperidine rings is 1. The summed E-state index contributed by atoms with van der Waals surface area (Å²) in [5, 5.41) is 2.97. The van der Waals surface area contributed by atoms with Crippen LogP contribution in [-0.4, -0.2) is 30.5 Å². The zero-order valence-corrected chi connectivity index (χ0v) is 19.4. The van der Waals surface area contributed by atoms with Gasteiger partial charge in [-0.25, -0.2) is 0 Å². The third-order valence-corrected chi connectivity index (χ3v) is 5.42. The highest BCUT2D eigenvalue weighted by Crippen LogP contribution is 2.22. The molecule has 0 aromatic heterocycles. The number of amides is 1. The molecule has 3 rings (SSSR count). The summed E-state index contributed by atoms with van der Waals surface area (Å²) in [5.74, 6) is -0.111. The molecule has 1 saturated heterocycles. The molecule has 27 heavy (non-hydrogen) atoms. The molecule has 0 spiro atoms. The molecule has 1 heterocycles. The summed E-state index contributed by atoms with van der Waals surface area (Å²) in [6.45, 7) is 3.51. The average molecular weight is 541 g/mol.